The summed E-state index contributed by atoms with van der Waals surface area (Å²) in [5.74, 6) is -0.753. The number of carbonyl (C=O) groups is 2. The van der Waals surface area contributed by atoms with Crippen LogP contribution in [0, 0.1) is 30.5 Å². The third-order valence-corrected chi connectivity index (χ3v) is 6.92. The Bertz CT molecular complexity index is 1330. The van der Waals surface area contributed by atoms with Gasteiger partial charge >= 0.3 is 0 Å². The molecule has 2 amide bonds. The molecule has 12 nitrogen and oxygen atoms in total. The highest BCUT2D eigenvalue weighted by Crippen LogP contribution is 2.50. The smallest absolute Gasteiger partial charge is 0.276 e. The highest BCUT2D eigenvalue weighted by molar-refractivity contribution is 6.00. The van der Waals surface area contributed by atoms with Crippen LogP contribution in [-0.2, 0) is 9.53 Å². The van der Waals surface area contributed by atoms with Gasteiger partial charge in [-0.05, 0) is 61.6 Å². The van der Waals surface area contributed by atoms with Gasteiger partial charge in [0, 0.05) is 25.1 Å². The highest BCUT2D eigenvalue weighted by Gasteiger charge is 2.48. The van der Waals surface area contributed by atoms with Crippen molar-refractivity contribution in [3.8, 4) is 0 Å². The van der Waals surface area contributed by atoms with E-state index in [1.54, 1.807) is 13.1 Å². The number of H-pyrrole nitrogens is 1. The molecule has 2 fully saturated rings. The van der Waals surface area contributed by atoms with Crippen LogP contribution in [0.15, 0.2) is 34.1 Å². The molecule has 37 heavy (non-hydrogen) atoms. The number of aromatic amines is 1. The van der Waals surface area contributed by atoms with E-state index in [4.69, 9.17) is 4.74 Å². The van der Waals surface area contributed by atoms with E-state index in [1.165, 1.54) is 18.0 Å². The minimum atomic E-state index is -0.784. The number of carbonyl (C=O) groups excluding carboxylic acids is 2. The van der Waals surface area contributed by atoms with Crippen LogP contribution in [0.1, 0.15) is 53.5 Å². The Balaban J connectivity index is 1.37. The first-order valence-corrected chi connectivity index (χ1v) is 12.2. The molecular formula is C24H28FN7O5. The third-order valence-electron chi connectivity index (χ3n) is 6.92. The van der Waals surface area contributed by atoms with E-state index >= 15 is 0 Å². The zero-order chi connectivity index (χ0) is 26.1. The molecule has 3 aromatic heterocycles. The molecule has 2 atom stereocenters. The third kappa shape index (κ3) is 5.45. The van der Waals surface area contributed by atoms with E-state index in [1.807, 2.05) is 0 Å². The quantitative estimate of drug-likeness (QED) is 0.350. The van der Waals surface area contributed by atoms with E-state index in [0.29, 0.717) is 23.2 Å². The monoisotopic (exact) mass is 513 g/mol. The van der Waals surface area contributed by atoms with Crippen LogP contribution in [0.25, 0.3) is 0 Å². The zero-order valence-corrected chi connectivity index (χ0v) is 20.4. The van der Waals surface area contributed by atoms with Gasteiger partial charge in [0.1, 0.15) is 23.6 Å². The van der Waals surface area contributed by atoms with Crippen molar-refractivity contribution in [2.75, 3.05) is 19.0 Å². The van der Waals surface area contributed by atoms with Crippen LogP contribution in [-0.4, -0.2) is 56.7 Å². The number of nitrogens with zero attached hydrogens (tertiary/aromatic N) is 4. The van der Waals surface area contributed by atoms with Gasteiger partial charge in [-0.3, -0.25) is 19.1 Å². The van der Waals surface area contributed by atoms with Crippen molar-refractivity contribution in [2.24, 2.45) is 17.8 Å². The Morgan fingerprint density at radius 2 is 2.00 bits per heavy atom. The SMILES string of the molecule is COCC(c1cc(F)c[nH]c1=O)n1cc(NC(=O)C(NC(=O)c2nonc2C)C(C2CC2)C2CC2)cn1. The molecule has 3 N–H and O–H groups in total. The molecule has 2 unspecified atom stereocenters. The van der Waals surface area contributed by atoms with Crippen molar-refractivity contribution in [1.82, 2.24) is 30.4 Å². The van der Waals surface area contributed by atoms with Crippen LogP contribution in [0.4, 0.5) is 10.1 Å². The number of hydrogen-bond acceptors (Lipinski definition) is 8. The maximum absolute atomic E-state index is 13.8. The predicted molar refractivity (Wildman–Crippen MR) is 127 cm³/mol. The molecule has 0 bridgehead atoms. The molecule has 0 saturated heterocycles. The molecule has 0 radical (unpaired) electrons. The van der Waals surface area contributed by atoms with Gasteiger partial charge in [-0.2, -0.15) is 5.10 Å². The lowest BCUT2D eigenvalue weighted by Gasteiger charge is -2.27. The number of anilines is 1. The molecule has 13 heteroatoms. The average molecular weight is 514 g/mol. The second-order valence-corrected chi connectivity index (χ2v) is 9.67. The lowest BCUT2D eigenvalue weighted by molar-refractivity contribution is -0.119. The van der Waals surface area contributed by atoms with Gasteiger partial charge in [-0.15, -0.1) is 0 Å². The first-order valence-electron chi connectivity index (χ1n) is 12.2. The Kier molecular flexibility index (Phi) is 6.87. The van der Waals surface area contributed by atoms with Crippen molar-refractivity contribution in [2.45, 2.75) is 44.7 Å². The number of ether oxygens (including phenoxy) is 1. The Morgan fingerprint density at radius 3 is 2.62 bits per heavy atom. The molecule has 2 aliphatic rings. The Labute approximate surface area is 210 Å². The summed E-state index contributed by atoms with van der Waals surface area (Å²) < 4.78 is 25.1. The van der Waals surface area contributed by atoms with Crippen LogP contribution in [0.3, 0.4) is 0 Å². The normalized spacial score (nSPS) is 17.0. The van der Waals surface area contributed by atoms with Crippen molar-refractivity contribution >= 4 is 17.5 Å². The summed E-state index contributed by atoms with van der Waals surface area (Å²) in [6.07, 6.45) is 8.02. The first-order chi connectivity index (χ1) is 17.9. The summed E-state index contributed by atoms with van der Waals surface area (Å²) in [5.41, 5.74) is 0.402. The number of methoxy groups -OCH3 is 1. The molecule has 0 aliphatic heterocycles. The molecule has 3 heterocycles. The summed E-state index contributed by atoms with van der Waals surface area (Å²) in [5, 5.41) is 17.3. The fourth-order valence-electron chi connectivity index (χ4n) is 4.86. The predicted octanol–water partition coefficient (Wildman–Crippen LogP) is 1.81. The lowest BCUT2D eigenvalue weighted by Crippen LogP contribution is -2.50. The number of halogens is 1. The highest BCUT2D eigenvalue weighted by atomic mass is 19.1. The Hall–Kier alpha value is -3.87. The molecule has 0 aromatic carbocycles. The minimum Gasteiger partial charge on any atom is -0.382 e. The van der Waals surface area contributed by atoms with E-state index in [0.717, 1.165) is 37.9 Å². The number of amides is 2. The fourth-order valence-corrected chi connectivity index (χ4v) is 4.86. The van der Waals surface area contributed by atoms with Crippen molar-refractivity contribution in [1.29, 1.82) is 0 Å². The van der Waals surface area contributed by atoms with Crippen LogP contribution in [0.5, 0.6) is 0 Å². The van der Waals surface area contributed by atoms with Gasteiger partial charge < -0.3 is 20.4 Å². The lowest BCUT2D eigenvalue weighted by atomic mass is 9.88. The van der Waals surface area contributed by atoms with Gasteiger partial charge in [-0.25, -0.2) is 9.02 Å². The number of hydrogen-bond donors (Lipinski definition) is 3. The van der Waals surface area contributed by atoms with Gasteiger partial charge in [-0.1, -0.05) is 5.16 Å². The summed E-state index contributed by atoms with van der Waals surface area (Å²) >= 11 is 0. The van der Waals surface area contributed by atoms with Gasteiger partial charge in [0.15, 0.2) is 5.69 Å². The summed E-state index contributed by atoms with van der Waals surface area (Å²) in [4.78, 5) is 41.1. The summed E-state index contributed by atoms with van der Waals surface area (Å²) in [6, 6.07) is -0.378. The zero-order valence-electron chi connectivity index (χ0n) is 20.4. The van der Waals surface area contributed by atoms with Gasteiger partial charge in [0.25, 0.3) is 11.5 Å². The van der Waals surface area contributed by atoms with Crippen LogP contribution < -0.4 is 16.2 Å². The summed E-state index contributed by atoms with van der Waals surface area (Å²) in [6.45, 7) is 1.66. The number of aromatic nitrogens is 5. The number of aryl methyl sites for hydroxylation is 1. The topological polar surface area (TPSA) is 157 Å². The van der Waals surface area contributed by atoms with E-state index in [-0.39, 0.29) is 29.7 Å². The average Bonchev–Trinajstić information content (AvgIpc) is 3.80. The van der Waals surface area contributed by atoms with Crippen molar-refractivity contribution in [3.05, 3.63) is 57.8 Å². The molecule has 196 valence electrons. The molecule has 5 rings (SSSR count). The maximum Gasteiger partial charge on any atom is 0.276 e. The van der Waals surface area contributed by atoms with Crippen LogP contribution in [0.2, 0.25) is 0 Å². The van der Waals surface area contributed by atoms with Gasteiger partial charge in [0.05, 0.1) is 18.5 Å². The standard InChI is InChI=1S/C24H28FN7O5/c1-12-20(31-37-30-12)23(34)29-21(19(13-3-4-13)14-5-6-14)24(35)28-16-9-27-32(10-16)18(11-36-2)17-7-15(25)8-26-22(17)33/h7-10,13-14,18-19,21H,3-6,11H2,1-2H3,(H,26,33)(H,28,35)(H,29,34). The first kappa shape index (κ1) is 24.8. The Morgan fingerprint density at radius 1 is 1.27 bits per heavy atom. The van der Waals surface area contributed by atoms with E-state index in [9.17, 15) is 18.8 Å². The number of pyridine rings is 1. The van der Waals surface area contributed by atoms with E-state index in [2.05, 4.69) is 35.7 Å². The molecular weight excluding hydrogens is 485 g/mol. The van der Waals surface area contributed by atoms with Gasteiger partial charge in [0.2, 0.25) is 5.91 Å². The molecule has 2 saturated carbocycles. The molecule has 2 aliphatic carbocycles. The summed E-state index contributed by atoms with van der Waals surface area (Å²) in [7, 11) is 1.46. The molecule has 0 spiro atoms. The fraction of sp³-hybridized carbons (Fsp3) is 0.500. The number of rotatable bonds is 11. The van der Waals surface area contributed by atoms with Crippen molar-refractivity contribution < 1.29 is 23.3 Å². The van der Waals surface area contributed by atoms with Crippen molar-refractivity contribution in [3.63, 3.8) is 0 Å². The number of nitrogens with one attached hydrogen (secondary N) is 3. The second kappa shape index (κ2) is 10.2. The maximum atomic E-state index is 13.8. The van der Waals surface area contributed by atoms with E-state index < -0.39 is 29.4 Å². The second-order valence-electron chi connectivity index (χ2n) is 9.67. The van der Waals surface area contributed by atoms with Crippen LogP contribution >= 0.6 is 0 Å². The largest absolute Gasteiger partial charge is 0.382 e. The minimum absolute atomic E-state index is 0.00579. The molecule has 3 aromatic rings.